The van der Waals surface area contributed by atoms with Gasteiger partial charge in [-0.3, -0.25) is 5.32 Å². The number of carbonyl (C=O) groups excluding carboxylic acids is 1. The van der Waals surface area contributed by atoms with Crippen LogP contribution < -0.4 is 14.8 Å². The van der Waals surface area contributed by atoms with Gasteiger partial charge in [0.2, 0.25) is 6.79 Å². The van der Waals surface area contributed by atoms with Crippen molar-refractivity contribution < 1.29 is 19.0 Å². The molecule has 0 spiro atoms. The number of nitrogens with one attached hydrogen (secondary N) is 1. The van der Waals surface area contributed by atoms with Crippen molar-refractivity contribution in [1.82, 2.24) is 5.32 Å². The fourth-order valence-electron chi connectivity index (χ4n) is 2.08. The second kappa shape index (κ2) is 5.48. The Morgan fingerprint density at radius 3 is 2.84 bits per heavy atom. The van der Waals surface area contributed by atoms with Crippen LogP contribution in [0, 0.1) is 0 Å². The molecule has 1 aromatic carbocycles. The molecule has 1 heterocycles. The first kappa shape index (κ1) is 13.7. The van der Waals surface area contributed by atoms with Gasteiger partial charge in [0.15, 0.2) is 11.5 Å². The highest BCUT2D eigenvalue weighted by atomic mass is 16.7. The standard InChI is InChI=1S/C14H19NO4/c1-4-7-15-14(2,13(16)17-3)10-5-6-11-12(8-10)19-9-18-11/h5-6,8,15H,4,7,9H2,1-3H3. The van der Waals surface area contributed by atoms with Crippen molar-refractivity contribution in [3.63, 3.8) is 0 Å². The molecule has 1 atom stereocenters. The number of fused-ring (bicyclic) bond motifs is 1. The zero-order valence-corrected chi connectivity index (χ0v) is 11.5. The maximum absolute atomic E-state index is 12.1. The van der Waals surface area contributed by atoms with E-state index >= 15 is 0 Å². The minimum absolute atomic E-state index is 0.218. The summed E-state index contributed by atoms with van der Waals surface area (Å²) in [5.41, 5.74) is -0.0804. The van der Waals surface area contributed by atoms with Gasteiger partial charge >= 0.3 is 5.97 Å². The predicted octanol–water partition coefficient (Wildman–Crippen LogP) is 1.80. The summed E-state index contributed by atoms with van der Waals surface area (Å²) in [5, 5.41) is 3.23. The first-order chi connectivity index (χ1) is 9.11. The number of carbonyl (C=O) groups is 1. The van der Waals surface area contributed by atoms with Gasteiger partial charge in [0.1, 0.15) is 5.54 Å². The Balaban J connectivity index is 2.34. The average molecular weight is 265 g/mol. The van der Waals surface area contributed by atoms with Crippen LogP contribution in [0.4, 0.5) is 0 Å². The molecule has 0 saturated heterocycles. The number of methoxy groups -OCH3 is 1. The molecule has 5 heteroatoms. The van der Waals surface area contributed by atoms with Gasteiger partial charge in [-0.15, -0.1) is 0 Å². The highest BCUT2D eigenvalue weighted by Crippen LogP contribution is 2.36. The van der Waals surface area contributed by atoms with Crippen molar-refractivity contribution in [1.29, 1.82) is 0 Å². The molecule has 1 N–H and O–H groups in total. The van der Waals surface area contributed by atoms with Gasteiger partial charge in [-0.05, 0) is 37.6 Å². The van der Waals surface area contributed by atoms with E-state index in [1.165, 1.54) is 7.11 Å². The minimum atomic E-state index is -0.883. The lowest BCUT2D eigenvalue weighted by molar-refractivity contribution is -0.148. The topological polar surface area (TPSA) is 56.8 Å². The number of hydrogen-bond acceptors (Lipinski definition) is 5. The first-order valence-electron chi connectivity index (χ1n) is 6.35. The lowest BCUT2D eigenvalue weighted by atomic mass is 9.91. The van der Waals surface area contributed by atoms with Gasteiger partial charge in [0, 0.05) is 0 Å². The van der Waals surface area contributed by atoms with E-state index < -0.39 is 5.54 Å². The molecule has 2 rings (SSSR count). The SMILES string of the molecule is CCCNC(C)(C(=O)OC)c1ccc2c(c1)OCO2. The summed E-state index contributed by atoms with van der Waals surface area (Å²) in [6.07, 6.45) is 0.928. The van der Waals surface area contributed by atoms with Gasteiger partial charge < -0.3 is 14.2 Å². The molecule has 104 valence electrons. The minimum Gasteiger partial charge on any atom is -0.467 e. The Morgan fingerprint density at radius 2 is 2.16 bits per heavy atom. The molecular formula is C14H19NO4. The molecule has 1 aromatic rings. The van der Waals surface area contributed by atoms with Crippen LogP contribution in [0.2, 0.25) is 0 Å². The van der Waals surface area contributed by atoms with E-state index in [1.807, 2.05) is 32.0 Å². The third-order valence-electron chi connectivity index (χ3n) is 3.27. The van der Waals surface area contributed by atoms with Gasteiger partial charge in [-0.1, -0.05) is 13.0 Å². The molecule has 1 unspecified atom stereocenters. The monoisotopic (exact) mass is 265 g/mol. The van der Waals surface area contributed by atoms with Crippen LogP contribution in [0.3, 0.4) is 0 Å². The van der Waals surface area contributed by atoms with Crippen LogP contribution in [-0.4, -0.2) is 26.4 Å². The Bertz CT molecular complexity index is 475. The van der Waals surface area contributed by atoms with E-state index in [2.05, 4.69) is 5.32 Å². The Morgan fingerprint density at radius 1 is 1.42 bits per heavy atom. The maximum Gasteiger partial charge on any atom is 0.330 e. The first-order valence-corrected chi connectivity index (χ1v) is 6.35. The van der Waals surface area contributed by atoms with Crippen molar-refractivity contribution in [2.24, 2.45) is 0 Å². The summed E-state index contributed by atoms with van der Waals surface area (Å²) >= 11 is 0. The fraction of sp³-hybridized carbons (Fsp3) is 0.500. The van der Waals surface area contributed by atoms with Crippen LogP contribution in [0.1, 0.15) is 25.8 Å². The summed E-state index contributed by atoms with van der Waals surface area (Å²) in [7, 11) is 1.39. The third kappa shape index (κ3) is 2.51. The van der Waals surface area contributed by atoms with Crippen molar-refractivity contribution in [2.45, 2.75) is 25.8 Å². The van der Waals surface area contributed by atoms with Gasteiger partial charge in [-0.25, -0.2) is 4.79 Å². The number of benzene rings is 1. The zero-order chi connectivity index (χ0) is 13.9. The molecule has 0 radical (unpaired) electrons. The van der Waals surface area contributed by atoms with E-state index in [0.717, 1.165) is 18.5 Å². The number of esters is 1. The van der Waals surface area contributed by atoms with Gasteiger partial charge in [-0.2, -0.15) is 0 Å². The van der Waals surface area contributed by atoms with Crippen molar-refractivity contribution >= 4 is 5.97 Å². The number of rotatable bonds is 5. The van der Waals surface area contributed by atoms with Crippen molar-refractivity contribution in [3.05, 3.63) is 23.8 Å². The molecule has 19 heavy (non-hydrogen) atoms. The molecule has 0 aromatic heterocycles. The fourth-order valence-corrected chi connectivity index (χ4v) is 2.08. The van der Waals surface area contributed by atoms with E-state index in [1.54, 1.807) is 0 Å². The molecule has 0 bridgehead atoms. The van der Waals surface area contributed by atoms with E-state index in [4.69, 9.17) is 14.2 Å². The Kier molecular flexibility index (Phi) is 3.95. The summed E-state index contributed by atoms with van der Waals surface area (Å²) in [6.45, 7) is 4.80. The second-order valence-corrected chi connectivity index (χ2v) is 4.61. The van der Waals surface area contributed by atoms with E-state index in [9.17, 15) is 4.79 Å². The maximum atomic E-state index is 12.1. The summed E-state index contributed by atoms with van der Waals surface area (Å²) < 4.78 is 15.5. The lowest BCUT2D eigenvalue weighted by Crippen LogP contribution is -2.47. The van der Waals surface area contributed by atoms with Crippen molar-refractivity contribution in [3.8, 4) is 11.5 Å². The van der Waals surface area contributed by atoms with E-state index in [-0.39, 0.29) is 12.8 Å². The summed E-state index contributed by atoms with van der Waals surface area (Å²) in [6, 6.07) is 5.49. The molecule has 0 aliphatic carbocycles. The normalized spacial score (nSPS) is 15.9. The van der Waals surface area contributed by atoms with Crippen LogP contribution in [0.25, 0.3) is 0 Å². The van der Waals surface area contributed by atoms with Crippen LogP contribution in [0.5, 0.6) is 11.5 Å². The highest BCUT2D eigenvalue weighted by Gasteiger charge is 2.36. The van der Waals surface area contributed by atoms with Crippen molar-refractivity contribution in [2.75, 3.05) is 20.4 Å². The zero-order valence-electron chi connectivity index (χ0n) is 11.5. The third-order valence-corrected chi connectivity index (χ3v) is 3.27. The molecule has 0 fully saturated rings. The summed E-state index contributed by atoms with van der Waals surface area (Å²) in [5.74, 6) is 1.04. The smallest absolute Gasteiger partial charge is 0.330 e. The molecule has 5 nitrogen and oxygen atoms in total. The second-order valence-electron chi connectivity index (χ2n) is 4.61. The van der Waals surface area contributed by atoms with Crippen LogP contribution in [0.15, 0.2) is 18.2 Å². The molecule has 1 aliphatic heterocycles. The van der Waals surface area contributed by atoms with Crippen LogP contribution >= 0.6 is 0 Å². The number of ether oxygens (including phenoxy) is 3. The quantitative estimate of drug-likeness (QED) is 0.823. The molecule has 0 amide bonds. The largest absolute Gasteiger partial charge is 0.467 e. The Hall–Kier alpha value is -1.75. The Labute approximate surface area is 112 Å². The lowest BCUT2D eigenvalue weighted by Gasteiger charge is -2.28. The van der Waals surface area contributed by atoms with Crippen LogP contribution in [-0.2, 0) is 15.1 Å². The van der Waals surface area contributed by atoms with Gasteiger partial charge in [0.05, 0.1) is 7.11 Å². The highest BCUT2D eigenvalue weighted by molar-refractivity contribution is 5.82. The number of hydrogen-bond donors (Lipinski definition) is 1. The predicted molar refractivity (Wildman–Crippen MR) is 70.2 cm³/mol. The summed E-state index contributed by atoms with van der Waals surface area (Å²) in [4.78, 5) is 12.1. The average Bonchev–Trinajstić information content (AvgIpc) is 2.91. The van der Waals surface area contributed by atoms with Gasteiger partial charge in [0.25, 0.3) is 0 Å². The molecule has 0 saturated carbocycles. The van der Waals surface area contributed by atoms with E-state index in [0.29, 0.717) is 11.5 Å². The molecular weight excluding hydrogens is 246 g/mol. The molecule has 1 aliphatic rings.